The molecule has 0 aliphatic rings. The SMILES string of the molecule is COc1cccc(NC(=O)Cn2nc(C)c3ccccc3c2=O)c1. The van der Waals surface area contributed by atoms with Gasteiger partial charge >= 0.3 is 0 Å². The van der Waals surface area contributed by atoms with E-state index in [-0.39, 0.29) is 18.0 Å². The summed E-state index contributed by atoms with van der Waals surface area (Å²) in [5.41, 5.74) is 1.03. The Morgan fingerprint density at radius 2 is 1.92 bits per heavy atom. The lowest BCUT2D eigenvalue weighted by atomic mass is 10.1. The van der Waals surface area contributed by atoms with Gasteiger partial charge in [0.15, 0.2) is 0 Å². The van der Waals surface area contributed by atoms with Crippen molar-refractivity contribution in [3.63, 3.8) is 0 Å². The third-order valence-corrected chi connectivity index (χ3v) is 3.70. The Bertz CT molecular complexity index is 963. The lowest BCUT2D eigenvalue weighted by Gasteiger charge is -2.10. The second-order valence-corrected chi connectivity index (χ2v) is 5.37. The molecule has 0 fully saturated rings. The molecule has 0 bridgehead atoms. The highest BCUT2D eigenvalue weighted by molar-refractivity contribution is 5.91. The molecule has 0 atom stereocenters. The number of fused-ring (bicyclic) bond motifs is 1. The topological polar surface area (TPSA) is 73.2 Å². The highest BCUT2D eigenvalue weighted by atomic mass is 16.5. The number of aryl methyl sites for hydroxylation is 1. The molecule has 0 unspecified atom stereocenters. The van der Waals surface area contributed by atoms with Crippen LogP contribution in [0.4, 0.5) is 5.69 Å². The molecule has 0 saturated heterocycles. The number of anilines is 1. The summed E-state index contributed by atoms with van der Waals surface area (Å²) in [6, 6.07) is 14.3. The molecular formula is C18H17N3O3. The van der Waals surface area contributed by atoms with Crippen LogP contribution >= 0.6 is 0 Å². The number of benzene rings is 2. The number of ether oxygens (including phenoxy) is 1. The van der Waals surface area contributed by atoms with Crippen LogP contribution in [0, 0.1) is 6.92 Å². The van der Waals surface area contributed by atoms with Crippen LogP contribution in [-0.4, -0.2) is 22.8 Å². The van der Waals surface area contributed by atoms with Gasteiger partial charge in [-0.25, -0.2) is 4.68 Å². The molecule has 24 heavy (non-hydrogen) atoms. The molecule has 3 rings (SSSR count). The van der Waals surface area contributed by atoms with Gasteiger partial charge in [0.2, 0.25) is 5.91 Å². The van der Waals surface area contributed by atoms with E-state index < -0.39 is 0 Å². The first-order valence-corrected chi connectivity index (χ1v) is 7.49. The van der Waals surface area contributed by atoms with Gasteiger partial charge in [-0.2, -0.15) is 5.10 Å². The fraction of sp³-hybridized carbons (Fsp3) is 0.167. The van der Waals surface area contributed by atoms with E-state index >= 15 is 0 Å². The number of amides is 1. The second kappa shape index (κ2) is 6.54. The summed E-state index contributed by atoms with van der Waals surface area (Å²) in [5.74, 6) is 0.317. The number of nitrogens with zero attached hydrogens (tertiary/aromatic N) is 2. The Morgan fingerprint density at radius 3 is 2.67 bits per heavy atom. The van der Waals surface area contributed by atoms with Crippen LogP contribution in [0.2, 0.25) is 0 Å². The van der Waals surface area contributed by atoms with Crippen LogP contribution in [0.15, 0.2) is 53.3 Å². The maximum atomic E-state index is 12.5. The first kappa shape index (κ1) is 15.7. The third-order valence-electron chi connectivity index (χ3n) is 3.70. The fourth-order valence-electron chi connectivity index (χ4n) is 2.55. The molecule has 0 spiro atoms. The zero-order chi connectivity index (χ0) is 17.1. The van der Waals surface area contributed by atoms with Crippen LogP contribution < -0.4 is 15.6 Å². The van der Waals surface area contributed by atoms with Gasteiger partial charge in [0.05, 0.1) is 18.2 Å². The highest BCUT2D eigenvalue weighted by Crippen LogP contribution is 2.16. The monoisotopic (exact) mass is 323 g/mol. The lowest BCUT2D eigenvalue weighted by Crippen LogP contribution is -2.30. The molecule has 1 aromatic heterocycles. The minimum atomic E-state index is -0.326. The van der Waals surface area contributed by atoms with E-state index in [9.17, 15) is 9.59 Å². The first-order chi connectivity index (χ1) is 11.6. The van der Waals surface area contributed by atoms with Crippen molar-refractivity contribution >= 4 is 22.4 Å². The van der Waals surface area contributed by atoms with Crippen molar-refractivity contribution in [2.75, 3.05) is 12.4 Å². The maximum absolute atomic E-state index is 12.5. The fourth-order valence-corrected chi connectivity index (χ4v) is 2.55. The second-order valence-electron chi connectivity index (χ2n) is 5.37. The molecule has 0 aliphatic carbocycles. The van der Waals surface area contributed by atoms with E-state index in [1.54, 1.807) is 43.5 Å². The van der Waals surface area contributed by atoms with Gasteiger partial charge in [0, 0.05) is 17.1 Å². The number of rotatable bonds is 4. The number of aromatic nitrogens is 2. The van der Waals surface area contributed by atoms with Crippen molar-refractivity contribution in [2.45, 2.75) is 13.5 Å². The number of carbonyl (C=O) groups is 1. The van der Waals surface area contributed by atoms with E-state index in [1.165, 1.54) is 4.68 Å². The van der Waals surface area contributed by atoms with Crippen LogP contribution in [0.5, 0.6) is 5.75 Å². The van der Waals surface area contributed by atoms with Crippen molar-refractivity contribution in [1.82, 2.24) is 9.78 Å². The van der Waals surface area contributed by atoms with Crippen LogP contribution in [0.25, 0.3) is 10.8 Å². The Balaban J connectivity index is 1.85. The van der Waals surface area contributed by atoms with Crippen LogP contribution in [-0.2, 0) is 11.3 Å². The quantitative estimate of drug-likeness (QED) is 0.800. The standard InChI is InChI=1S/C18H17N3O3/c1-12-15-8-3-4-9-16(15)18(23)21(20-12)11-17(22)19-13-6-5-7-14(10-13)24-2/h3-10H,11H2,1-2H3,(H,19,22). The summed E-state index contributed by atoms with van der Waals surface area (Å²) in [7, 11) is 1.56. The largest absolute Gasteiger partial charge is 0.497 e. The number of hydrogen-bond acceptors (Lipinski definition) is 4. The van der Waals surface area contributed by atoms with E-state index in [1.807, 2.05) is 19.1 Å². The van der Waals surface area contributed by atoms with Gasteiger partial charge in [-0.3, -0.25) is 9.59 Å². The maximum Gasteiger partial charge on any atom is 0.275 e. The summed E-state index contributed by atoms with van der Waals surface area (Å²) < 4.78 is 6.31. The highest BCUT2D eigenvalue weighted by Gasteiger charge is 2.11. The first-order valence-electron chi connectivity index (χ1n) is 7.49. The molecule has 122 valence electrons. The van der Waals surface area contributed by atoms with Crippen molar-refractivity contribution in [1.29, 1.82) is 0 Å². The van der Waals surface area contributed by atoms with E-state index in [0.29, 0.717) is 22.5 Å². The summed E-state index contributed by atoms with van der Waals surface area (Å²) in [5, 5.41) is 8.33. The molecule has 1 amide bonds. The predicted molar refractivity (Wildman–Crippen MR) is 92.4 cm³/mol. The molecule has 6 nitrogen and oxygen atoms in total. The molecular weight excluding hydrogens is 306 g/mol. The Morgan fingerprint density at radius 1 is 1.17 bits per heavy atom. The average Bonchev–Trinajstić information content (AvgIpc) is 2.59. The zero-order valence-corrected chi connectivity index (χ0v) is 13.4. The Hall–Kier alpha value is -3.15. The molecule has 0 radical (unpaired) electrons. The number of methoxy groups -OCH3 is 1. The van der Waals surface area contributed by atoms with Crippen LogP contribution in [0.3, 0.4) is 0 Å². The van der Waals surface area contributed by atoms with E-state index in [2.05, 4.69) is 10.4 Å². The summed E-state index contributed by atoms with van der Waals surface area (Å²) in [4.78, 5) is 24.7. The Kier molecular flexibility index (Phi) is 4.29. The van der Waals surface area contributed by atoms with Gasteiger partial charge in [0.25, 0.3) is 5.56 Å². The summed E-state index contributed by atoms with van der Waals surface area (Å²) in [6.07, 6.45) is 0. The zero-order valence-electron chi connectivity index (χ0n) is 13.4. The molecule has 2 aromatic carbocycles. The molecule has 0 saturated carbocycles. The molecule has 1 N–H and O–H groups in total. The number of nitrogens with one attached hydrogen (secondary N) is 1. The van der Waals surface area contributed by atoms with Gasteiger partial charge in [0.1, 0.15) is 12.3 Å². The molecule has 6 heteroatoms. The molecule has 3 aromatic rings. The van der Waals surface area contributed by atoms with Gasteiger partial charge in [-0.1, -0.05) is 24.3 Å². The molecule has 0 aliphatic heterocycles. The van der Waals surface area contributed by atoms with Gasteiger partial charge in [-0.15, -0.1) is 0 Å². The Labute approximate surface area is 138 Å². The van der Waals surface area contributed by atoms with Crippen molar-refractivity contribution in [3.05, 3.63) is 64.6 Å². The summed E-state index contributed by atoms with van der Waals surface area (Å²) >= 11 is 0. The van der Waals surface area contributed by atoms with E-state index in [0.717, 1.165) is 5.39 Å². The normalized spacial score (nSPS) is 10.6. The minimum absolute atomic E-state index is 0.151. The number of hydrogen-bond donors (Lipinski definition) is 1. The lowest BCUT2D eigenvalue weighted by molar-refractivity contribution is -0.117. The average molecular weight is 323 g/mol. The number of carbonyl (C=O) groups excluding carboxylic acids is 1. The summed E-state index contributed by atoms with van der Waals surface area (Å²) in [6.45, 7) is 1.67. The van der Waals surface area contributed by atoms with Gasteiger partial charge < -0.3 is 10.1 Å². The van der Waals surface area contributed by atoms with Crippen molar-refractivity contribution in [2.24, 2.45) is 0 Å². The predicted octanol–water partition coefficient (Wildman–Crippen LogP) is 2.35. The van der Waals surface area contributed by atoms with Gasteiger partial charge in [-0.05, 0) is 25.1 Å². The van der Waals surface area contributed by atoms with Crippen LogP contribution in [0.1, 0.15) is 5.69 Å². The minimum Gasteiger partial charge on any atom is -0.497 e. The van der Waals surface area contributed by atoms with Crippen molar-refractivity contribution in [3.8, 4) is 5.75 Å². The van der Waals surface area contributed by atoms with E-state index in [4.69, 9.17) is 4.74 Å². The third kappa shape index (κ3) is 3.12. The van der Waals surface area contributed by atoms with Crippen molar-refractivity contribution < 1.29 is 9.53 Å². The molecule has 1 heterocycles. The smallest absolute Gasteiger partial charge is 0.275 e.